The van der Waals surface area contributed by atoms with E-state index in [9.17, 15) is 4.79 Å². The maximum atomic E-state index is 11.9. The Bertz CT molecular complexity index is 431. The average molecular weight is 249 g/mol. The molecule has 1 unspecified atom stereocenters. The van der Waals surface area contributed by atoms with E-state index in [1.807, 2.05) is 32.3 Å². The van der Waals surface area contributed by atoms with Crippen LogP contribution in [0.2, 0.25) is 0 Å². The molecule has 100 valence electrons. The lowest BCUT2D eigenvalue weighted by atomic mass is 10.0. The van der Waals surface area contributed by atoms with Crippen molar-refractivity contribution in [3.63, 3.8) is 0 Å². The van der Waals surface area contributed by atoms with Crippen LogP contribution in [-0.2, 0) is 11.3 Å². The number of ether oxygens (including phenoxy) is 1. The molecular formula is C15H23NO2. The summed E-state index contributed by atoms with van der Waals surface area (Å²) in [5.74, 6) is 0.268. The van der Waals surface area contributed by atoms with Crippen LogP contribution in [0.4, 0.5) is 0 Å². The van der Waals surface area contributed by atoms with Crippen molar-refractivity contribution in [3.8, 4) is 0 Å². The van der Waals surface area contributed by atoms with Gasteiger partial charge in [0.05, 0.1) is 11.7 Å². The Labute approximate surface area is 109 Å². The molecule has 0 saturated carbocycles. The fraction of sp³-hybridized carbons (Fsp3) is 0.667. The largest absolute Gasteiger partial charge is 0.370 e. The second kappa shape index (κ2) is 4.88. The first-order chi connectivity index (χ1) is 8.37. The summed E-state index contributed by atoms with van der Waals surface area (Å²) in [6, 6.07) is 1.91. The summed E-state index contributed by atoms with van der Waals surface area (Å²) in [5, 5.41) is 0. The highest BCUT2D eigenvalue weighted by molar-refractivity contribution is 5.97. The Morgan fingerprint density at radius 2 is 2.28 bits per heavy atom. The van der Waals surface area contributed by atoms with Crippen LogP contribution in [0.1, 0.15) is 50.9 Å². The monoisotopic (exact) mass is 249 g/mol. The van der Waals surface area contributed by atoms with E-state index in [1.165, 1.54) is 0 Å². The van der Waals surface area contributed by atoms with E-state index in [0.29, 0.717) is 0 Å². The van der Waals surface area contributed by atoms with Gasteiger partial charge in [0.2, 0.25) is 0 Å². The van der Waals surface area contributed by atoms with Crippen LogP contribution in [0, 0.1) is 5.92 Å². The molecule has 1 aliphatic rings. The van der Waals surface area contributed by atoms with Gasteiger partial charge in [-0.05, 0) is 32.8 Å². The van der Waals surface area contributed by atoms with Crippen LogP contribution in [0.3, 0.4) is 0 Å². The molecule has 0 spiro atoms. The molecule has 0 bridgehead atoms. The van der Waals surface area contributed by atoms with Gasteiger partial charge in [0, 0.05) is 30.4 Å². The normalized spacial score (nSPS) is 22.6. The van der Waals surface area contributed by atoms with Gasteiger partial charge in [0.1, 0.15) is 0 Å². The van der Waals surface area contributed by atoms with Crippen LogP contribution in [-0.4, -0.2) is 22.1 Å². The molecule has 2 heterocycles. The molecule has 1 saturated heterocycles. The molecule has 0 aliphatic carbocycles. The third-order valence-corrected chi connectivity index (χ3v) is 3.53. The minimum Gasteiger partial charge on any atom is -0.370 e. The molecule has 18 heavy (non-hydrogen) atoms. The Kier molecular flexibility index (Phi) is 3.62. The SMILES string of the molecule is CC(C)C(=O)c1ccn(CC2CCC(C)(C)O2)c1. The topological polar surface area (TPSA) is 31.2 Å². The lowest BCUT2D eigenvalue weighted by Crippen LogP contribution is -2.22. The van der Waals surface area contributed by atoms with E-state index < -0.39 is 0 Å². The third kappa shape index (κ3) is 3.02. The predicted octanol–water partition coefficient (Wildman–Crippen LogP) is 3.28. The summed E-state index contributed by atoms with van der Waals surface area (Å²) in [6.07, 6.45) is 6.39. The van der Waals surface area contributed by atoms with Gasteiger partial charge in [-0.2, -0.15) is 0 Å². The number of hydrogen-bond acceptors (Lipinski definition) is 2. The Balaban J connectivity index is 1.97. The maximum absolute atomic E-state index is 11.9. The molecule has 1 fully saturated rings. The Morgan fingerprint density at radius 3 is 2.83 bits per heavy atom. The number of carbonyl (C=O) groups excluding carboxylic acids is 1. The fourth-order valence-electron chi connectivity index (χ4n) is 2.47. The number of ketones is 1. The van der Waals surface area contributed by atoms with Gasteiger partial charge in [0.25, 0.3) is 0 Å². The summed E-state index contributed by atoms with van der Waals surface area (Å²) in [4.78, 5) is 11.9. The molecule has 1 atom stereocenters. The second-order valence-corrected chi connectivity index (χ2v) is 6.15. The van der Waals surface area contributed by atoms with Gasteiger partial charge in [-0.25, -0.2) is 0 Å². The van der Waals surface area contributed by atoms with E-state index in [2.05, 4.69) is 18.4 Å². The minimum atomic E-state index is 0.00833. The van der Waals surface area contributed by atoms with Crippen molar-refractivity contribution in [1.82, 2.24) is 4.57 Å². The molecule has 1 aromatic heterocycles. The summed E-state index contributed by atoms with van der Waals surface area (Å²) in [6.45, 7) is 8.98. The van der Waals surface area contributed by atoms with E-state index in [1.54, 1.807) is 0 Å². The highest BCUT2D eigenvalue weighted by Gasteiger charge is 2.31. The molecule has 2 rings (SSSR count). The first-order valence-corrected chi connectivity index (χ1v) is 6.75. The van der Waals surface area contributed by atoms with E-state index in [4.69, 9.17) is 4.74 Å². The Morgan fingerprint density at radius 1 is 1.56 bits per heavy atom. The molecule has 1 aliphatic heterocycles. The van der Waals surface area contributed by atoms with Crippen molar-refractivity contribution in [2.45, 2.75) is 58.8 Å². The smallest absolute Gasteiger partial charge is 0.166 e. The third-order valence-electron chi connectivity index (χ3n) is 3.53. The van der Waals surface area contributed by atoms with Gasteiger partial charge >= 0.3 is 0 Å². The number of rotatable bonds is 4. The van der Waals surface area contributed by atoms with Crippen LogP contribution < -0.4 is 0 Å². The lowest BCUT2D eigenvalue weighted by Gasteiger charge is -2.19. The molecule has 0 radical (unpaired) electrons. The average Bonchev–Trinajstić information content (AvgIpc) is 2.85. The molecule has 0 N–H and O–H groups in total. The molecule has 0 amide bonds. The minimum absolute atomic E-state index is 0.00833. The zero-order valence-electron chi connectivity index (χ0n) is 11.8. The van der Waals surface area contributed by atoms with Crippen LogP contribution in [0.5, 0.6) is 0 Å². The quantitative estimate of drug-likeness (QED) is 0.767. The Hall–Kier alpha value is -1.09. The zero-order chi connectivity index (χ0) is 13.3. The van der Waals surface area contributed by atoms with Gasteiger partial charge < -0.3 is 9.30 Å². The number of carbonyl (C=O) groups is 1. The molecule has 0 aromatic carbocycles. The van der Waals surface area contributed by atoms with Crippen molar-refractivity contribution in [3.05, 3.63) is 24.0 Å². The zero-order valence-corrected chi connectivity index (χ0v) is 11.8. The summed E-state index contributed by atoms with van der Waals surface area (Å²) in [7, 11) is 0. The van der Waals surface area contributed by atoms with Gasteiger partial charge in [0.15, 0.2) is 5.78 Å². The number of hydrogen-bond donors (Lipinski definition) is 0. The first kappa shape index (κ1) is 13.3. The van der Waals surface area contributed by atoms with Gasteiger partial charge in [-0.1, -0.05) is 13.8 Å². The molecule has 3 nitrogen and oxygen atoms in total. The van der Waals surface area contributed by atoms with Gasteiger partial charge in [-0.3, -0.25) is 4.79 Å². The molecule has 3 heteroatoms. The van der Waals surface area contributed by atoms with Crippen LogP contribution in [0.25, 0.3) is 0 Å². The summed E-state index contributed by atoms with van der Waals surface area (Å²) < 4.78 is 8.04. The first-order valence-electron chi connectivity index (χ1n) is 6.75. The highest BCUT2D eigenvalue weighted by atomic mass is 16.5. The van der Waals surface area contributed by atoms with Crippen molar-refractivity contribution < 1.29 is 9.53 Å². The molecule has 1 aromatic rings. The van der Waals surface area contributed by atoms with E-state index in [0.717, 1.165) is 24.9 Å². The van der Waals surface area contributed by atoms with Crippen molar-refractivity contribution in [1.29, 1.82) is 0 Å². The van der Waals surface area contributed by atoms with E-state index >= 15 is 0 Å². The summed E-state index contributed by atoms with van der Waals surface area (Å²) in [5.41, 5.74) is 0.816. The number of nitrogens with zero attached hydrogens (tertiary/aromatic N) is 1. The summed E-state index contributed by atoms with van der Waals surface area (Å²) >= 11 is 0. The van der Waals surface area contributed by atoms with Crippen molar-refractivity contribution in [2.75, 3.05) is 0 Å². The van der Waals surface area contributed by atoms with Crippen LogP contribution in [0.15, 0.2) is 18.5 Å². The number of Topliss-reactive ketones (excluding diaryl/α,β-unsaturated/α-hetero) is 1. The highest BCUT2D eigenvalue weighted by Crippen LogP contribution is 2.30. The van der Waals surface area contributed by atoms with Gasteiger partial charge in [-0.15, -0.1) is 0 Å². The van der Waals surface area contributed by atoms with E-state index in [-0.39, 0.29) is 23.4 Å². The lowest BCUT2D eigenvalue weighted by molar-refractivity contribution is -0.0216. The molecular weight excluding hydrogens is 226 g/mol. The van der Waals surface area contributed by atoms with Crippen LogP contribution >= 0.6 is 0 Å². The fourth-order valence-corrected chi connectivity index (χ4v) is 2.47. The standard InChI is InChI=1S/C15H23NO2/c1-11(2)14(17)12-6-8-16(9-12)10-13-5-7-15(3,4)18-13/h6,8-9,11,13H,5,7,10H2,1-4H3. The maximum Gasteiger partial charge on any atom is 0.166 e. The van der Waals surface area contributed by atoms with Crippen molar-refractivity contribution >= 4 is 5.78 Å². The van der Waals surface area contributed by atoms with Crippen molar-refractivity contribution in [2.24, 2.45) is 5.92 Å². The second-order valence-electron chi connectivity index (χ2n) is 6.15. The predicted molar refractivity (Wildman–Crippen MR) is 71.8 cm³/mol. The number of aromatic nitrogens is 1.